The van der Waals surface area contributed by atoms with Gasteiger partial charge in [-0.1, -0.05) is 24.4 Å². The van der Waals surface area contributed by atoms with E-state index in [1.165, 1.54) is 0 Å². The molecule has 2 aromatic carbocycles. The highest BCUT2D eigenvalue weighted by molar-refractivity contribution is 6.32. The van der Waals surface area contributed by atoms with Crippen molar-refractivity contribution in [3.8, 4) is 12.3 Å². The summed E-state index contributed by atoms with van der Waals surface area (Å²) in [6.45, 7) is 12.3. The fraction of sp³-hybridized carbons (Fsp3) is 0.485. The number of carbonyl (C=O) groups is 1. The SMILES string of the molecule is C#CCN(Cc1cc2c(=O)n(C)c(CN3CCN(CCO)CC3CC)nc2cc1Cl)c1ccc(C(=O)OC(C)(C)C)cc1. The van der Waals surface area contributed by atoms with E-state index in [4.69, 9.17) is 27.7 Å². The predicted molar refractivity (Wildman–Crippen MR) is 172 cm³/mol. The Hall–Kier alpha value is -3.42. The summed E-state index contributed by atoms with van der Waals surface area (Å²) in [6, 6.07) is 11.0. The van der Waals surface area contributed by atoms with Gasteiger partial charge < -0.3 is 14.7 Å². The van der Waals surface area contributed by atoms with Crippen LogP contribution in [-0.2, 0) is 24.9 Å². The van der Waals surface area contributed by atoms with Crippen LogP contribution in [0.25, 0.3) is 10.9 Å². The molecule has 0 bridgehead atoms. The second-order valence-corrected chi connectivity index (χ2v) is 12.4. The van der Waals surface area contributed by atoms with Gasteiger partial charge in [-0.25, -0.2) is 9.78 Å². The number of anilines is 1. The van der Waals surface area contributed by atoms with Crippen LogP contribution in [0.15, 0.2) is 41.2 Å². The summed E-state index contributed by atoms with van der Waals surface area (Å²) in [6.07, 6.45) is 6.67. The van der Waals surface area contributed by atoms with Gasteiger partial charge in [-0.15, -0.1) is 6.42 Å². The second-order valence-electron chi connectivity index (χ2n) is 12.0. The Morgan fingerprint density at radius 3 is 2.58 bits per heavy atom. The van der Waals surface area contributed by atoms with E-state index >= 15 is 0 Å². The largest absolute Gasteiger partial charge is 0.456 e. The van der Waals surface area contributed by atoms with Crippen LogP contribution in [0.4, 0.5) is 5.69 Å². The number of esters is 1. The van der Waals surface area contributed by atoms with Crippen molar-refractivity contribution in [2.75, 3.05) is 44.2 Å². The molecule has 0 saturated carbocycles. The third kappa shape index (κ3) is 7.95. The minimum atomic E-state index is -0.584. The molecule has 9 nitrogen and oxygen atoms in total. The first-order valence-electron chi connectivity index (χ1n) is 14.7. The number of fused-ring (bicyclic) bond motifs is 1. The normalized spacial score (nSPS) is 16.3. The number of carbonyl (C=O) groups excluding carboxylic acids is 1. The van der Waals surface area contributed by atoms with Gasteiger partial charge in [-0.05, 0) is 69.2 Å². The minimum absolute atomic E-state index is 0.130. The van der Waals surface area contributed by atoms with Crippen molar-refractivity contribution >= 4 is 34.2 Å². The Morgan fingerprint density at radius 2 is 1.95 bits per heavy atom. The highest BCUT2D eigenvalue weighted by Gasteiger charge is 2.27. The summed E-state index contributed by atoms with van der Waals surface area (Å²) >= 11 is 6.77. The average molecular weight is 608 g/mol. The summed E-state index contributed by atoms with van der Waals surface area (Å²) < 4.78 is 7.09. The zero-order valence-corrected chi connectivity index (χ0v) is 26.5. The molecule has 1 unspecified atom stereocenters. The lowest BCUT2D eigenvalue weighted by Crippen LogP contribution is -2.53. The van der Waals surface area contributed by atoms with Crippen LogP contribution in [0.1, 0.15) is 55.9 Å². The molecule has 3 aromatic rings. The number of aliphatic hydroxyl groups is 1. The summed E-state index contributed by atoms with van der Waals surface area (Å²) in [5, 5.41) is 10.3. The monoisotopic (exact) mass is 607 g/mol. The van der Waals surface area contributed by atoms with Crippen LogP contribution in [0.3, 0.4) is 0 Å². The van der Waals surface area contributed by atoms with Gasteiger partial charge in [-0.2, -0.15) is 0 Å². The van der Waals surface area contributed by atoms with E-state index in [1.807, 2.05) is 37.8 Å². The second kappa shape index (κ2) is 13.9. The van der Waals surface area contributed by atoms with Gasteiger partial charge in [0.25, 0.3) is 5.56 Å². The fourth-order valence-corrected chi connectivity index (χ4v) is 5.64. The molecule has 2 heterocycles. The number of rotatable bonds is 10. The van der Waals surface area contributed by atoms with Crippen molar-refractivity contribution in [2.24, 2.45) is 7.05 Å². The highest BCUT2D eigenvalue weighted by Crippen LogP contribution is 2.26. The van der Waals surface area contributed by atoms with Gasteiger partial charge in [0.05, 0.1) is 36.2 Å². The van der Waals surface area contributed by atoms with Gasteiger partial charge >= 0.3 is 5.97 Å². The molecule has 1 fully saturated rings. The van der Waals surface area contributed by atoms with Gasteiger partial charge in [0.15, 0.2) is 0 Å². The summed E-state index contributed by atoms with van der Waals surface area (Å²) in [5.74, 6) is 2.99. The number of β-amino-alcohol motifs (C(OH)–C–C–N with tert-alkyl or cyclic N) is 1. The number of halogens is 1. The van der Waals surface area contributed by atoms with Crippen molar-refractivity contribution in [3.63, 3.8) is 0 Å². The van der Waals surface area contributed by atoms with Crippen LogP contribution in [0, 0.1) is 12.3 Å². The first-order valence-corrected chi connectivity index (χ1v) is 15.1. The van der Waals surface area contributed by atoms with E-state index in [2.05, 4.69) is 22.6 Å². The topological polar surface area (TPSA) is 91.1 Å². The molecular weight excluding hydrogens is 566 g/mol. The predicted octanol–water partition coefficient (Wildman–Crippen LogP) is 4.07. The lowest BCUT2D eigenvalue weighted by atomic mass is 10.1. The summed E-state index contributed by atoms with van der Waals surface area (Å²) in [4.78, 5) is 37.5. The molecule has 1 N–H and O–H groups in total. The number of ether oxygens (including phenoxy) is 1. The van der Waals surface area contributed by atoms with E-state index in [9.17, 15) is 14.7 Å². The van der Waals surface area contributed by atoms with Crippen molar-refractivity contribution in [1.29, 1.82) is 0 Å². The molecule has 1 aliphatic rings. The van der Waals surface area contributed by atoms with Crippen LogP contribution >= 0.6 is 11.6 Å². The molecule has 0 aliphatic carbocycles. The Kier molecular flexibility index (Phi) is 10.5. The number of piperazine rings is 1. The van der Waals surface area contributed by atoms with E-state index in [1.54, 1.807) is 35.9 Å². The van der Waals surface area contributed by atoms with E-state index in [-0.39, 0.29) is 12.2 Å². The Balaban J connectivity index is 1.57. The smallest absolute Gasteiger partial charge is 0.338 e. The molecule has 0 spiro atoms. The number of benzene rings is 2. The fourth-order valence-electron chi connectivity index (χ4n) is 5.42. The first-order chi connectivity index (χ1) is 20.4. The molecule has 4 rings (SSSR count). The van der Waals surface area contributed by atoms with Crippen LogP contribution in [-0.4, -0.2) is 81.4 Å². The molecule has 230 valence electrons. The molecule has 0 amide bonds. The number of hydrogen-bond acceptors (Lipinski definition) is 8. The first kappa shape index (κ1) is 32.5. The standard InChI is InChI=1S/C33H42ClN5O4/c1-7-13-38(26-11-9-23(10-12-26)32(42)43-33(3,4)5)20-24-18-27-29(19-28(24)34)35-30(36(6)31(27)41)22-39-15-14-37(16-17-40)21-25(39)8-2/h1,9-12,18-19,25,40H,8,13-17,20-22H2,2-6H3. The highest BCUT2D eigenvalue weighted by atomic mass is 35.5. The van der Waals surface area contributed by atoms with Gasteiger partial charge in [-0.3, -0.25) is 19.2 Å². The zero-order chi connectivity index (χ0) is 31.3. The van der Waals surface area contributed by atoms with Crippen molar-refractivity contribution < 1.29 is 14.6 Å². The number of hydrogen-bond donors (Lipinski definition) is 1. The summed E-state index contributed by atoms with van der Waals surface area (Å²) in [5.41, 5.74) is 1.86. The van der Waals surface area contributed by atoms with E-state index < -0.39 is 11.6 Å². The molecule has 1 saturated heterocycles. The lowest BCUT2D eigenvalue weighted by Gasteiger charge is -2.41. The minimum Gasteiger partial charge on any atom is -0.456 e. The molecule has 10 heteroatoms. The number of aromatic nitrogens is 2. The maximum atomic E-state index is 13.6. The Bertz CT molecular complexity index is 1540. The third-order valence-corrected chi connectivity index (χ3v) is 8.12. The molecular formula is C33H42ClN5O4. The quantitative estimate of drug-likeness (QED) is 0.273. The zero-order valence-electron chi connectivity index (χ0n) is 25.8. The molecule has 1 atom stereocenters. The van der Waals surface area contributed by atoms with Gasteiger partial charge in [0.2, 0.25) is 0 Å². The molecule has 43 heavy (non-hydrogen) atoms. The Morgan fingerprint density at radius 1 is 1.23 bits per heavy atom. The Labute approximate surface area is 259 Å². The number of terminal acetylenes is 1. The molecule has 1 aromatic heterocycles. The van der Waals surface area contributed by atoms with Gasteiger partial charge in [0.1, 0.15) is 11.4 Å². The van der Waals surface area contributed by atoms with Crippen LogP contribution in [0.5, 0.6) is 0 Å². The molecule has 1 aliphatic heterocycles. The maximum absolute atomic E-state index is 13.6. The van der Waals surface area contributed by atoms with Crippen molar-refractivity contribution in [1.82, 2.24) is 19.4 Å². The average Bonchev–Trinajstić information content (AvgIpc) is 2.96. The van der Waals surface area contributed by atoms with Crippen molar-refractivity contribution in [3.05, 3.63) is 68.7 Å². The van der Waals surface area contributed by atoms with Crippen LogP contribution in [0.2, 0.25) is 5.02 Å². The van der Waals surface area contributed by atoms with E-state index in [0.29, 0.717) is 59.5 Å². The number of nitrogens with zero attached hydrogens (tertiary/aromatic N) is 5. The maximum Gasteiger partial charge on any atom is 0.338 e. The lowest BCUT2D eigenvalue weighted by molar-refractivity contribution is 0.00695. The third-order valence-electron chi connectivity index (χ3n) is 7.77. The van der Waals surface area contributed by atoms with Crippen molar-refractivity contribution in [2.45, 2.75) is 58.8 Å². The number of aliphatic hydroxyl groups excluding tert-OH is 1. The molecule has 0 radical (unpaired) electrons. The van der Waals surface area contributed by atoms with E-state index in [0.717, 1.165) is 37.3 Å². The van der Waals surface area contributed by atoms with Gasteiger partial charge in [0, 0.05) is 56.5 Å². The van der Waals surface area contributed by atoms with Crippen LogP contribution < -0.4 is 10.5 Å². The summed E-state index contributed by atoms with van der Waals surface area (Å²) in [7, 11) is 1.76.